The summed E-state index contributed by atoms with van der Waals surface area (Å²) in [6, 6.07) is 82.2. The summed E-state index contributed by atoms with van der Waals surface area (Å²) in [7, 11) is 0. The number of fused-ring (bicyclic) bond motifs is 9. The van der Waals surface area contributed by atoms with Crippen molar-refractivity contribution >= 4 is 70.5 Å². The van der Waals surface area contributed by atoms with Crippen LogP contribution in [0.5, 0.6) is 0 Å². The number of thiophene rings is 1. The third kappa shape index (κ3) is 6.08. The van der Waals surface area contributed by atoms with Crippen molar-refractivity contribution < 1.29 is 4.42 Å². The number of furan rings is 1. The van der Waals surface area contributed by atoms with E-state index < -0.39 is 0 Å². The first-order valence-electron chi connectivity index (χ1n) is 22.7. The molecule has 1 aliphatic rings. The molecule has 2 aromatic heterocycles. The fourth-order valence-corrected chi connectivity index (χ4v) is 11.8. The Morgan fingerprint density at radius 3 is 1.76 bits per heavy atom. The molecule has 66 heavy (non-hydrogen) atoms. The van der Waals surface area contributed by atoms with Crippen LogP contribution in [-0.2, 0) is 5.41 Å². The van der Waals surface area contributed by atoms with Crippen LogP contribution < -0.4 is 4.90 Å². The standard InChI is InChI=1S/C63H43NOS/c1-63(2)55-21-9-5-16-49(55)54-38-43(31-37-56(54)63)46-14-3-4-15-48(46)50-17-6-10-22-57(50)64(44-32-26-40(27-33-44)42-30-36-52-51-18-8-12-25-60(51)66-61(52)39-42)45-34-28-41(29-35-45)47-20-13-24-59-62(47)53-19-7-11-23-58(53)65-59/h3-39H,1-2H3. The van der Waals surface area contributed by atoms with Gasteiger partial charge in [-0.25, -0.2) is 0 Å². The lowest BCUT2D eigenvalue weighted by atomic mass is 9.82. The third-order valence-electron chi connectivity index (χ3n) is 13.9. The van der Waals surface area contributed by atoms with Crippen LogP contribution in [0.4, 0.5) is 17.1 Å². The smallest absolute Gasteiger partial charge is 0.136 e. The molecule has 312 valence electrons. The van der Waals surface area contributed by atoms with Crippen molar-refractivity contribution in [2.45, 2.75) is 19.3 Å². The van der Waals surface area contributed by atoms with Gasteiger partial charge in [0.2, 0.25) is 0 Å². The maximum absolute atomic E-state index is 6.30. The topological polar surface area (TPSA) is 16.4 Å². The monoisotopic (exact) mass is 861 g/mol. The Bertz CT molecular complexity index is 3850. The number of rotatable bonds is 7. The van der Waals surface area contributed by atoms with Crippen molar-refractivity contribution in [2.75, 3.05) is 4.90 Å². The average molecular weight is 862 g/mol. The summed E-state index contributed by atoms with van der Waals surface area (Å²) in [5.41, 5.74) is 19.9. The molecule has 3 heteroatoms. The molecule has 0 atom stereocenters. The number of benzene rings is 10. The molecule has 0 aliphatic heterocycles. The van der Waals surface area contributed by atoms with E-state index >= 15 is 0 Å². The molecular weight excluding hydrogens is 819 g/mol. The zero-order chi connectivity index (χ0) is 43.9. The molecule has 12 aromatic rings. The highest BCUT2D eigenvalue weighted by Gasteiger charge is 2.35. The minimum absolute atomic E-state index is 0.0492. The second-order valence-corrected chi connectivity index (χ2v) is 19.1. The quantitative estimate of drug-likeness (QED) is 0.159. The molecule has 0 bridgehead atoms. The SMILES string of the molecule is CC1(C)c2ccccc2-c2cc(-c3ccccc3-c3ccccc3N(c3ccc(-c4ccc5c(c4)sc4ccccc45)cc3)c3ccc(-c4cccc5oc6ccccc6c45)cc3)ccc21. The summed E-state index contributed by atoms with van der Waals surface area (Å²) in [6.45, 7) is 4.69. The van der Waals surface area contributed by atoms with Crippen molar-refractivity contribution in [1.82, 2.24) is 0 Å². The van der Waals surface area contributed by atoms with E-state index in [1.54, 1.807) is 0 Å². The molecule has 0 radical (unpaired) electrons. The van der Waals surface area contributed by atoms with Crippen molar-refractivity contribution in [3.8, 4) is 55.6 Å². The number of hydrogen-bond donors (Lipinski definition) is 0. The zero-order valence-electron chi connectivity index (χ0n) is 36.6. The van der Waals surface area contributed by atoms with Gasteiger partial charge in [0, 0.05) is 53.3 Å². The predicted octanol–water partition coefficient (Wildman–Crippen LogP) is 18.4. The minimum atomic E-state index is -0.0492. The van der Waals surface area contributed by atoms with Gasteiger partial charge >= 0.3 is 0 Å². The van der Waals surface area contributed by atoms with Gasteiger partial charge in [0.15, 0.2) is 0 Å². The number of nitrogens with zero attached hydrogens (tertiary/aromatic N) is 1. The van der Waals surface area contributed by atoms with Gasteiger partial charge in [-0.2, -0.15) is 0 Å². The van der Waals surface area contributed by atoms with E-state index in [1.165, 1.54) is 70.2 Å². The van der Waals surface area contributed by atoms with Crippen LogP contribution in [0, 0.1) is 0 Å². The Balaban J connectivity index is 0.946. The van der Waals surface area contributed by atoms with Gasteiger partial charge in [-0.05, 0) is 122 Å². The van der Waals surface area contributed by atoms with E-state index in [1.807, 2.05) is 23.5 Å². The predicted molar refractivity (Wildman–Crippen MR) is 281 cm³/mol. The fraction of sp³-hybridized carbons (Fsp3) is 0.0476. The molecule has 0 N–H and O–H groups in total. The molecule has 0 unspecified atom stereocenters. The summed E-state index contributed by atoms with van der Waals surface area (Å²) in [5.74, 6) is 0. The Morgan fingerprint density at radius 2 is 0.939 bits per heavy atom. The maximum Gasteiger partial charge on any atom is 0.136 e. The van der Waals surface area contributed by atoms with Crippen molar-refractivity contribution in [3.05, 3.63) is 236 Å². The van der Waals surface area contributed by atoms with Crippen molar-refractivity contribution in [1.29, 1.82) is 0 Å². The van der Waals surface area contributed by atoms with E-state index in [0.717, 1.165) is 55.7 Å². The van der Waals surface area contributed by atoms with Gasteiger partial charge in [-0.1, -0.05) is 178 Å². The van der Waals surface area contributed by atoms with Gasteiger partial charge in [0.05, 0.1) is 5.69 Å². The highest BCUT2D eigenvalue weighted by Crippen LogP contribution is 2.51. The normalized spacial score (nSPS) is 12.8. The Labute approximate surface area is 388 Å². The van der Waals surface area contributed by atoms with E-state index in [9.17, 15) is 0 Å². The van der Waals surface area contributed by atoms with Crippen molar-refractivity contribution in [3.63, 3.8) is 0 Å². The van der Waals surface area contributed by atoms with E-state index in [2.05, 4.69) is 231 Å². The first-order chi connectivity index (χ1) is 32.5. The average Bonchev–Trinajstić information content (AvgIpc) is 4.02. The number of para-hydroxylation sites is 2. The molecule has 0 amide bonds. The Hall–Kier alpha value is -7.98. The molecule has 1 aliphatic carbocycles. The van der Waals surface area contributed by atoms with Gasteiger partial charge in [-0.3, -0.25) is 0 Å². The second kappa shape index (κ2) is 15.1. The van der Waals surface area contributed by atoms with Crippen LogP contribution in [0.3, 0.4) is 0 Å². The molecule has 2 nitrogen and oxygen atoms in total. The van der Waals surface area contributed by atoms with Crippen LogP contribution in [0.25, 0.3) is 97.7 Å². The first kappa shape index (κ1) is 38.5. The third-order valence-corrected chi connectivity index (χ3v) is 15.1. The van der Waals surface area contributed by atoms with Crippen LogP contribution in [0.2, 0.25) is 0 Å². The summed E-state index contributed by atoms with van der Waals surface area (Å²) >= 11 is 1.86. The molecule has 0 saturated carbocycles. The minimum Gasteiger partial charge on any atom is -0.456 e. The first-order valence-corrected chi connectivity index (χ1v) is 23.6. The van der Waals surface area contributed by atoms with Gasteiger partial charge < -0.3 is 9.32 Å². The fourth-order valence-electron chi connectivity index (χ4n) is 10.7. The van der Waals surface area contributed by atoms with Gasteiger partial charge in [-0.15, -0.1) is 11.3 Å². The van der Waals surface area contributed by atoms with Gasteiger partial charge in [0.1, 0.15) is 11.2 Å². The van der Waals surface area contributed by atoms with Crippen LogP contribution in [-0.4, -0.2) is 0 Å². The zero-order valence-corrected chi connectivity index (χ0v) is 37.4. The Kier molecular flexibility index (Phi) is 8.78. The number of hydrogen-bond acceptors (Lipinski definition) is 3. The van der Waals surface area contributed by atoms with E-state index in [-0.39, 0.29) is 5.41 Å². The highest BCUT2D eigenvalue weighted by atomic mass is 32.1. The molecule has 10 aromatic carbocycles. The lowest BCUT2D eigenvalue weighted by molar-refractivity contribution is 0.660. The van der Waals surface area contributed by atoms with Gasteiger partial charge in [0.25, 0.3) is 0 Å². The molecule has 0 spiro atoms. The van der Waals surface area contributed by atoms with Crippen molar-refractivity contribution in [2.24, 2.45) is 0 Å². The molecule has 13 rings (SSSR count). The van der Waals surface area contributed by atoms with Crippen LogP contribution >= 0.6 is 11.3 Å². The summed E-state index contributed by atoms with van der Waals surface area (Å²) in [4.78, 5) is 2.42. The van der Waals surface area contributed by atoms with E-state index in [4.69, 9.17) is 4.42 Å². The van der Waals surface area contributed by atoms with E-state index in [0.29, 0.717) is 0 Å². The van der Waals surface area contributed by atoms with Crippen LogP contribution in [0.15, 0.2) is 229 Å². The molecular formula is C63H43NOS. The maximum atomic E-state index is 6.30. The molecule has 0 fully saturated rings. The number of anilines is 3. The lowest BCUT2D eigenvalue weighted by Gasteiger charge is -2.29. The van der Waals surface area contributed by atoms with Crippen LogP contribution in [0.1, 0.15) is 25.0 Å². The molecule has 2 heterocycles. The summed E-state index contributed by atoms with van der Waals surface area (Å²) in [6.07, 6.45) is 0. The second-order valence-electron chi connectivity index (χ2n) is 18.0. The largest absolute Gasteiger partial charge is 0.456 e. The summed E-state index contributed by atoms with van der Waals surface area (Å²) in [5, 5.41) is 4.90. The molecule has 0 saturated heterocycles. The lowest BCUT2D eigenvalue weighted by Crippen LogP contribution is -2.14. The Morgan fingerprint density at radius 1 is 0.364 bits per heavy atom. The summed E-state index contributed by atoms with van der Waals surface area (Å²) < 4.78 is 8.93. The highest BCUT2D eigenvalue weighted by molar-refractivity contribution is 7.25.